The molecule has 0 atom stereocenters. The van der Waals surface area contributed by atoms with Crippen LogP contribution in [0.3, 0.4) is 0 Å². The molecule has 1 heterocycles. The first kappa shape index (κ1) is 25.3. The second-order valence-electron chi connectivity index (χ2n) is 8.65. The van der Waals surface area contributed by atoms with Crippen molar-refractivity contribution in [3.05, 3.63) is 111 Å². The van der Waals surface area contributed by atoms with Crippen molar-refractivity contribution in [2.24, 2.45) is 7.05 Å². The van der Waals surface area contributed by atoms with Gasteiger partial charge in [0.2, 0.25) is 0 Å². The summed E-state index contributed by atoms with van der Waals surface area (Å²) in [4.78, 5) is 0. The minimum atomic E-state index is 0. The van der Waals surface area contributed by atoms with Gasteiger partial charge in [-0.3, -0.25) is 0 Å². The van der Waals surface area contributed by atoms with Crippen LogP contribution in [0.5, 0.6) is 0 Å². The maximum absolute atomic E-state index is 5.16. The number of aromatic nitrogens is 1. The summed E-state index contributed by atoms with van der Waals surface area (Å²) in [6, 6.07) is 22.9. The van der Waals surface area contributed by atoms with Crippen molar-refractivity contribution in [3.8, 4) is 0 Å². The van der Waals surface area contributed by atoms with Crippen LogP contribution in [0.15, 0.2) is 72.9 Å². The number of nitrogens with one attached hydrogen (secondary N) is 1. The summed E-state index contributed by atoms with van der Waals surface area (Å²) >= 11 is 0. The summed E-state index contributed by atoms with van der Waals surface area (Å²) in [5.74, 6) is 0.854. The molecule has 0 fully saturated rings. The molecule has 5 heteroatoms. The zero-order valence-electron chi connectivity index (χ0n) is 20.6. The van der Waals surface area contributed by atoms with Crippen molar-refractivity contribution in [3.63, 3.8) is 0 Å². The number of anilines is 2. The molecule has 0 bridgehead atoms. The van der Waals surface area contributed by atoms with E-state index in [4.69, 9.17) is 10.6 Å². The maximum atomic E-state index is 5.16. The first-order chi connectivity index (χ1) is 15.8. The van der Waals surface area contributed by atoms with Gasteiger partial charge in [0.1, 0.15) is 0 Å². The molecule has 34 heavy (non-hydrogen) atoms. The average molecular weight is 495 g/mol. The van der Waals surface area contributed by atoms with Crippen molar-refractivity contribution in [1.82, 2.24) is 0 Å². The Morgan fingerprint density at radius 3 is 1.76 bits per heavy atom. The van der Waals surface area contributed by atoms with Gasteiger partial charge in [0, 0.05) is 18.9 Å². The Balaban J connectivity index is 0.00000324. The largest absolute Gasteiger partial charge is 2.00 e. The number of para-hydroxylation sites is 3. The van der Waals surface area contributed by atoms with Gasteiger partial charge in [-0.2, -0.15) is 0 Å². The summed E-state index contributed by atoms with van der Waals surface area (Å²) < 4.78 is 2.05. The van der Waals surface area contributed by atoms with Crippen molar-refractivity contribution in [2.75, 3.05) is 5.32 Å². The molecular formula is C29H31CoN4+. The number of nitrogens with zero attached hydrogens (tertiary/aromatic N) is 3. The summed E-state index contributed by atoms with van der Waals surface area (Å²) in [5.41, 5.74) is 10.6. The van der Waals surface area contributed by atoms with Gasteiger partial charge in [0.15, 0.2) is 5.82 Å². The zero-order valence-corrected chi connectivity index (χ0v) is 21.6. The van der Waals surface area contributed by atoms with E-state index in [1.165, 1.54) is 11.1 Å². The molecule has 0 spiro atoms. The van der Waals surface area contributed by atoms with Gasteiger partial charge in [0.25, 0.3) is 0 Å². The van der Waals surface area contributed by atoms with E-state index in [-0.39, 0.29) is 16.8 Å². The minimum Gasteiger partial charge on any atom is -0.656 e. The topological polar surface area (TPSA) is 44.1 Å². The van der Waals surface area contributed by atoms with E-state index < -0.39 is 0 Å². The molecule has 1 aromatic heterocycles. The molecule has 1 radical (unpaired) electrons. The predicted octanol–water partition coefficient (Wildman–Crippen LogP) is 8.47. The first-order valence-corrected chi connectivity index (χ1v) is 11.3. The first-order valence-electron chi connectivity index (χ1n) is 11.3. The van der Waals surface area contributed by atoms with Gasteiger partial charge in [-0.05, 0) is 63.4 Å². The number of rotatable bonds is 6. The third-order valence-corrected chi connectivity index (χ3v) is 5.99. The molecule has 0 aliphatic heterocycles. The van der Waals surface area contributed by atoms with Crippen LogP contribution in [0.4, 0.5) is 34.3 Å². The van der Waals surface area contributed by atoms with E-state index in [2.05, 4.69) is 88.5 Å². The van der Waals surface area contributed by atoms with Crippen molar-refractivity contribution >= 4 is 34.3 Å². The third-order valence-electron chi connectivity index (χ3n) is 5.99. The molecule has 0 aliphatic carbocycles. The van der Waals surface area contributed by atoms with Crippen LogP contribution in [-0.2, 0) is 23.8 Å². The summed E-state index contributed by atoms with van der Waals surface area (Å²) in [7, 11) is 2.02. The molecule has 0 aliphatic rings. The van der Waals surface area contributed by atoms with Crippen LogP contribution in [-0.4, -0.2) is 0 Å². The normalized spacial score (nSPS) is 10.4. The van der Waals surface area contributed by atoms with Crippen LogP contribution >= 0.6 is 0 Å². The smallest absolute Gasteiger partial charge is 0.656 e. The van der Waals surface area contributed by atoms with Gasteiger partial charge in [0.05, 0.1) is 11.4 Å². The number of hydrogen-bond acceptors (Lipinski definition) is 1. The van der Waals surface area contributed by atoms with Gasteiger partial charge in [-0.1, -0.05) is 65.7 Å². The number of benzene rings is 3. The molecule has 1 N–H and O–H groups in total. The van der Waals surface area contributed by atoms with Crippen LogP contribution < -0.4 is 9.88 Å². The van der Waals surface area contributed by atoms with Gasteiger partial charge in [-0.15, -0.1) is 11.4 Å². The molecule has 4 rings (SSSR count). The number of aryl methyl sites for hydroxylation is 6. The quantitative estimate of drug-likeness (QED) is 0.269. The van der Waals surface area contributed by atoms with Crippen LogP contribution in [0, 0.1) is 34.6 Å². The average Bonchev–Trinajstić information content (AvgIpc) is 2.77. The second-order valence-corrected chi connectivity index (χ2v) is 8.65. The van der Waals surface area contributed by atoms with E-state index in [1.807, 2.05) is 36.0 Å². The minimum absolute atomic E-state index is 0. The van der Waals surface area contributed by atoms with Gasteiger partial charge in [-0.25, -0.2) is 5.32 Å². The van der Waals surface area contributed by atoms with E-state index in [1.54, 1.807) is 0 Å². The zero-order chi connectivity index (χ0) is 23.5. The van der Waals surface area contributed by atoms with Crippen molar-refractivity contribution in [1.29, 1.82) is 0 Å². The molecule has 0 unspecified atom stereocenters. The number of pyridine rings is 1. The molecular weight excluding hydrogens is 463 g/mol. The maximum Gasteiger partial charge on any atom is 2.00 e. The van der Waals surface area contributed by atoms with Gasteiger partial charge < -0.3 is 15.2 Å². The van der Waals surface area contributed by atoms with Crippen LogP contribution in [0.25, 0.3) is 10.6 Å². The number of hydrogen-bond donors (Lipinski definition) is 1. The molecule has 4 aromatic rings. The fraction of sp³-hybridized carbons (Fsp3) is 0.207. The molecule has 0 amide bonds. The Labute approximate surface area is 213 Å². The Bertz CT molecular complexity index is 1170. The monoisotopic (exact) mass is 494 g/mol. The van der Waals surface area contributed by atoms with Crippen LogP contribution in [0.1, 0.15) is 27.8 Å². The molecule has 175 valence electrons. The Hall–Kier alpha value is -3.28. The fourth-order valence-corrected chi connectivity index (χ4v) is 4.07. The third kappa shape index (κ3) is 5.27. The van der Waals surface area contributed by atoms with E-state index in [0.29, 0.717) is 0 Å². The summed E-state index contributed by atoms with van der Waals surface area (Å²) in [5, 5.41) is 13.8. The Kier molecular flexibility index (Phi) is 8.02. The molecule has 4 nitrogen and oxygen atoms in total. The van der Waals surface area contributed by atoms with E-state index >= 15 is 0 Å². The Morgan fingerprint density at radius 1 is 0.618 bits per heavy atom. The predicted molar refractivity (Wildman–Crippen MR) is 139 cm³/mol. The molecule has 0 saturated heterocycles. The molecule has 3 aromatic carbocycles. The summed E-state index contributed by atoms with van der Waals surface area (Å²) in [6.45, 7) is 10.5. The van der Waals surface area contributed by atoms with E-state index in [0.717, 1.165) is 50.9 Å². The Morgan fingerprint density at radius 2 is 1.15 bits per heavy atom. The second kappa shape index (κ2) is 10.8. The van der Waals surface area contributed by atoms with E-state index in [9.17, 15) is 0 Å². The van der Waals surface area contributed by atoms with Crippen LogP contribution in [0.2, 0.25) is 0 Å². The standard InChI is InChI=1S/C29H31N4.Co/c1-19-11-7-12-20(2)26(19)30-24-16-9-15-23(5)28(24)32-29-25(17-10-18-33(29)6)31-27-21(3)13-8-14-22(27)4;/h7-18,31H,1-6H3;/q-1;+2. The van der Waals surface area contributed by atoms with Crippen molar-refractivity contribution in [2.45, 2.75) is 34.6 Å². The summed E-state index contributed by atoms with van der Waals surface area (Å²) in [6.07, 6.45) is 2.02. The van der Waals surface area contributed by atoms with Crippen molar-refractivity contribution < 1.29 is 21.3 Å². The molecule has 0 saturated carbocycles. The van der Waals surface area contributed by atoms with Gasteiger partial charge >= 0.3 is 16.8 Å². The SMILES string of the molecule is Cc1cccc(C)c1[N-]c1cccc(C)c1[N-]c1c(Nc2c(C)cccc2C)ccc[n+]1C.[Co+2]. The fourth-order valence-electron chi connectivity index (χ4n) is 4.07.